The Kier molecular flexibility index (Phi) is 3.02. The second-order valence-electron chi connectivity index (χ2n) is 2.99. The van der Waals surface area contributed by atoms with Gasteiger partial charge >= 0.3 is 0 Å². The predicted molar refractivity (Wildman–Crippen MR) is 51.9 cm³/mol. The first-order valence-corrected chi connectivity index (χ1v) is 4.05. The molecule has 0 spiro atoms. The van der Waals surface area contributed by atoms with Gasteiger partial charge in [-0.2, -0.15) is 0 Å². The van der Waals surface area contributed by atoms with E-state index in [0.29, 0.717) is 18.1 Å². The summed E-state index contributed by atoms with van der Waals surface area (Å²) in [6.07, 6.45) is 1.59. The molecule has 0 aliphatic heterocycles. The molecule has 0 saturated heterocycles. The van der Waals surface area contributed by atoms with E-state index in [1.165, 1.54) is 0 Å². The van der Waals surface area contributed by atoms with Crippen molar-refractivity contribution in [2.75, 3.05) is 26.0 Å². The standard InChI is InChI=1S/C8H14N4O/c1-9-4-6-5-10-8(12(2)3)11-7(6)13/h5,9H,4H2,1-3H3,(H,10,11,13). The summed E-state index contributed by atoms with van der Waals surface area (Å²) < 4.78 is 0. The van der Waals surface area contributed by atoms with Gasteiger partial charge < -0.3 is 10.2 Å². The van der Waals surface area contributed by atoms with Crippen LogP contribution in [0.2, 0.25) is 0 Å². The molecule has 0 fully saturated rings. The molecule has 0 radical (unpaired) electrons. The number of aromatic nitrogens is 2. The van der Waals surface area contributed by atoms with E-state index in [1.54, 1.807) is 18.1 Å². The third-order valence-electron chi connectivity index (χ3n) is 1.65. The molecular weight excluding hydrogens is 168 g/mol. The Morgan fingerprint density at radius 2 is 2.31 bits per heavy atom. The summed E-state index contributed by atoms with van der Waals surface area (Å²) in [5, 5.41) is 2.90. The van der Waals surface area contributed by atoms with Crippen LogP contribution in [-0.4, -0.2) is 31.1 Å². The third kappa shape index (κ3) is 2.29. The van der Waals surface area contributed by atoms with Crippen molar-refractivity contribution < 1.29 is 0 Å². The Labute approximate surface area is 76.8 Å². The average molecular weight is 182 g/mol. The molecular formula is C8H14N4O. The molecule has 0 aliphatic carbocycles. The molecule has 0 aliphatic rings. The number of H-pyrrole nitrogens is 1. The number of hydrogen-bond acceptors (Lipinski definition) is 4. The van der Waals surface area contributed by atoms with Crippen LogP contribution in [0.25, 0.3) is 0 Å². The first kappa shape index (κ1) is 9.73. The van der Waals surface area contributed by atoms with E-state index in [4.69, 9.17) is 0 Å². The van der Waals surface area contributed by atoms with E-state index >= 15 is 0 Å². The first-order valence-electron chi connectivity index (χ1n) is 4.05. The van der Waals surface area contributed by atoms with E-state index in [-0.39, 0.29) is 5.56 Å². The lowest BCUT2D eigenvalue weighted by Crippen LogP contribution is -2.23. The van der Waals surface area contributed by atoms with Crippen LogP contribution in [0.3, 0.4) is 0 Å². The number of anilines is 1. The van der Waals surface area contributed by atoms with Crippen molar-refractivity contribution >= 4 is 5.95 Å². The molecule has 1 aromatic rings. The first-order chi connectivity index (χ1) is 6.15. The highest BCUT2D eigenvalue weighted by Crippen LogP contribution is 1.97. The summed E-state index contributed by atoms with van der Waals surface area (Å²) in [7, 11) is 5.45. The zero-order valence-electron chi connectivity index (χ0n) is 8.09. The predicted octanol–water partition coefficient (Wildman–Crippen LogP) is -0.445. The molecule has 1 aromatic heterocycles. The molecule has 0 bridgehead atoms. The van der Waals surface area contributed by atoms with E-state index in [2.05, 4.69) is 15.3 Å². The summed E-state index contributed by atoms with van der Waals surface area (Å²) in [6.45, 7) is 0.538. The van der Waals surface area contributed by atoms with Crippen molar-refractivity contribution in [2.24, 2.45) is 0 Å². The summed E-state index contributed by atoms with van der Waals surface area (Å²) >= 11 is 0. The number of nitrogens with one attached hydrogen (secondary N) is 2. The zero-order chi connectivity index (χ0) is 9.84. The second-order valence-corrected chi connectivity index (χ2v) is 2.99. The fraction of sp³-hybridized carbons (Fsp3) is 0.500. The summed E-state index contributed by atoms with van der Waals surface area (Å²) in [4.78, 5) is 19.9. The SMILES string of the molecule is CNCc1cnc(N(C)C)[nH]c1=O. The Balaban J connectivity index is 2.99. The lowest BCUT2D eigenvalue weighted by Gasteiger charge is -2.10. The van der Waals surface area contributed by atoms with Gasteiger partial charge in [0, 0.05) is 32.4 Å². The normalized spacial score (nSPS) is 10.1. The van der Waals surface area contributed by atoms with Crippen LogP contribution in [-0.2, 0) is 6.54 Å². The number of nitrogens with zero attached hydrogens (tertiary/aromatic N) is 2. The van der Waals surface area contributed by atoms with Crippen molar-refractivity contribution in [3.63, 3.8) is 0 Å². The number of aromatic amines is 1. The fourth-order valence-electron chi connectivity index (χ4n) is 0.955. The highest BCUT2D eigenvalue weighted by atomic mass is 16.1. The van der Waals surface area contributed by atoms with Gasteiger partial charge in [-0.15, -0.1) is 0 Å². The van der Waals surface area contributed by atoms with Gasteiger partial charge in [0.1, 0.15) is 0 Å². The van der Waals surface area contributed by atoms with Gasteiger partial charge in [-0.25, -0.2) is 4.98 Å². The highest BCUT2D eigenvalue weighted by Gasteiger charge is 2.01. The van der Waals surface area contributed by atoms with Gasteiger partial charge in [-0.3, -0.25) is 9.78 Å². The molecule has 1 rings (SSSR count). The fourth-order valence-corrected chi connectivity index (χ4v) is 0.955. The average Bonchev–Trinajstić information content (AvgIpc) is 2.08. The Bertz CT molecular complexity index is 331. The number of rotatable bonds is 3. The second kappa shape index (κ2) is 4.04. The smallest absolute Gasteiger partial charge is 0.256 e. The third-order valence-corrected chi connectivity index (χ3v) is 1.65. The van der Waals surface area contributed by atoms with Crippen molar-refractivity contribution in [3.05, 3.63) is 22.1 Å². The molecule has 0 amide bonds. The van der Waals surface area contributed by atoms with Crippen molar-refractivity contribution in [3.8, 4) is 0 Å². The maximum absolute atomic E-state index is 11.4. The van der Waals surface area contributed by atoms with Gasteiger partial charge in [-0.05, 0) is 7.05 Å². The summed E-state index contributed by atoms with van der Waals surface area (Å²) in [6, 6.07) is 0. The highest BCUT2D eigenvalue weighted by molar-refractivity contribution is 5.26. The molecule has 13 heavy (non-hydrogen) atoms. The largest absolute Gasteiger partial charge is 0.348 e. The maximum Gasteiger partial charge on any atom is 0.256 e. The molecule has 1 heterocycles. The van der Waals surface area contributed by atoms with Crippen LogP contribution in [0, 0.1) is 0 Å². The van der Waals surface area contributed by atoms with E-state index in [9.17, 15) is 4.79 Å². The van der Waals surface area contributed by atoms with Crippen molar-refractivity contribution in [1.82, 2.24) is 15.3 Å². The van der Waals surface area contributed by atoms with Crippen LogP contribution < -0.4 is 15.8 Å². The monoisotopic (exact) mass is 182 g/mol. The van der Waals surface area contributed by atoms with Crippen molar-refractivity contribution in [2.45, 2.75) is 6.54 Å². The van der Waals surface area contributed by atoms with Gasteiger partial charge in [0.05, 0.1) is 0 Å². The van der Waals surface area contributed by atoms with Gasteiger partial charge in [0.25, 0.3) is 5.56 Å². The molecule has 0 saturated carbocycles. The van der Waals surface area contributed by atoms with Crippen LogP contribution in [0.1, 0.15) is 5.56 Å². The molecule has 0 atom stereocenters. The Morgan fingerprint density at radius 1 is 1.62 bits per heavy atom. The lowest BCUT2D eigenvalue weighted by atomic mass is 10.3. The molecule has 0 unspecified atom stereocenters. The van der Waals surface area contributed by atoms with E-state index in [1.807, 2.05) is 14.1 Å². The molecule has 5 heteroatoms. The molecule has 0 aromatic carbocycles. The number of hydrogen-bond donors (Lipinski definition) is 2. The van der Waals surface area contributed by atoms with E-state index in [0.717, 1.165) is 0 Å². The van der Waals surface area contributed by atoms with Crippen LogP contribution in [0.5, 0.6) is 0 Å². The Hall–Kier alpha value is -1.36. The summed E-state index contributed by atoms with van der Waals surface area (Å²) in [5.41, 5.74) is 0.557. The summed E-state index contributed by atoms with van der Waals surface area (Å²) in [5.74, 6) is 0.574. The minimum Gasteiger partial charge on any atom is -0.348 e. The van der Waals surface area contributed by atoms with Gasteiger partial charge in [0.2, 0.25) is 5.95 Å². The molecule has 5 nitrogen and oxygen atoms in total. The minimum atomic E-state index is -0.0898. The van der Waals surface area contributed by atoms with Crippen molar-refractivity contribution in [1.29, 1.82) is 0 Å². The molecule has 72 valence electrons. The lowest BCUT2D eigenvalue weighted by molar-refractivity contribution is 0.794. The molecule has 2 N–H and O–H groups in total. The maximum atomic E-state index is 11.4. The Morgan fingerprint density at radius 3 is 2.77 bits per heavy atom. The van der Waals surface area contributed by atoms with Gasteiger partial charge in [-0.1, -0.05) is 0 Å². The van der Waals surface area contributed by atoms with Gasteiger partial charge in [0.15, 0.2) is 0 Å². The van der Waals surface area contributed by atoms with Crippen LogP contribution in [0.4, 0.5) is 5.95 Å². The topological polar surface area (TPSA) is 61.0 Å². The van der Waals surface area contributed by atoms with Crippen LogP contribution >= 0.6 is 0 Å². The van der Waals surface area contributed by atoms with Crippen LogP contribution in [0.15, 0.2) is 11.0 Å². The quantitative estimate of drug-likeness (QED) is 0.665. The van der Waals surface area contributed by atoms with E-state index < -0.39 is 0 Å². The minimum absolute atomic E-state index is 0.0898. The zero-order valence-corrected chi connectivity index (χ0v) is 8.09.